The van der Waals surface area contributed by atoms with Gasteiger partial charge in [0.1, 0.15) is 18.3 Å². The summed E-state index contributed by atoms with van der Waals surface area (Å²) < 4.78 is 2.92. The lowest BCUT2D eigenvalue weighted by Crippen LogP contribution is -2.28. The maximum absolute atomic E-state index is 12.8. The molecule has 146 valence electrons. The first-order valence-corrected chi connectivity index (χ1v) is 9.45. The number of nitrogens with zero attached hydrogens (tertiary/aromatic N) is 4. The first kappa shape index (κ1) is 18.6. The molecule has 0 aliphatic rings. The number of benzene rings is 2. The van der Waals surface area contributed by atoms with Gasteiger partial charge < -0.3 is 5.32 Å². The molecule has 0 radical (unpaired) electrons. The van der Waals surface area contributed by atoms with Crippen molar-refractivity contribution in [2.75, 3.05) is 5.32 Å². The van der Waals surface area contributed by atoms with Crippen molar-refractivity contribution in [3.05, 3.63) is 82.5 Å². The van der Waals surface area contributed by atoms with Crippen molar-refractivity contribution in [2.45, 2.75) is 26.8 Å². The first-order chi connectivity index (χ1) is 14.1. The Labute approximate surface area is 167 Å². The van der Waals surface area contributed by atoms with Crippen LogP contribution >= 0.6 is 0 Å². The Morgan fingerprint density at radius 3 is 2.66 bits per heavy atom. The normalized spacial score (nSPS) is 11.0. The zero-order chi connectivity index (χ0) is 20.4. The summed E-state index contributed by atoms with van der Waals surface area (Å²) in [5, 5.41) is 7.60. The van der Waals surface area contributed by atoms with E-state index in [1.54, 1.807) is 4.68 Å². The summed E-state index contributed by atoms with van der Waals surface area (Å²) in [6.07, 6.45) is 3.69. The maximum Gasteiger partial charge on any atom is 0.264 e. The van der Waals surface area contributed by atoms with E-state index in [9.17, 15) is 9.59 Å². The van der Waals surface area contributed by atoms with Gasteiger partial charge in [-0.2, -0.15) is 5.10 Å². The lowest BCUT2D eigenvalue weighted by Gasteiger charge is -2.13. The molecule has 29 heavy (non-hydrogen) atoms. The van der Waals surface area contributed by atoms with Crippen molar-refractivity contribution in [1.82, 2.24) is 19.3 Å². The van der Waals surface area contributed by atoms with Gasteiger partial charge in [-0.1, -0.05) is 43.3 Å². The minimum atomic E-state index is -0.298. The van der Waals surface area contributed by atoms with Gasteiger partial charge in [0.15, 0.2) is 5.65 Å². The molecule has 0 saturated carbocycles. The van der Waals surface area contributed by atoms with Crippen molar-refractivity contribution < 1.29 is 4.79 Å². The number of fused-ring (bicyclic) bond motifs is 1. The van der Waals surface area contributed by atoms with E-state index >= 15 is 0 Å². The molecule has 2 aromatic carbocycles. The van der Waals surface area contributed by atoms with Gasteiger partial charge in [0, 0.05) is 5.69 Å². The Morgan fingerprint density at radius 1 is 1.10 bits per heavy atom. The van der Waals surface area contributed by atoms with Crippen LogP contribution in [0.15, 0.2) is 65.8 Å². The first-order valence-electron chi connectivity index (χ1n) is 9.45. The summed E-state index contributed by atoms with van der Waals surface area (Å²) in [6, 6.07) is 15.4. The van der Waals surface area contributed by atoms with E-state index in [1.165, 1.54) is 17.1 Å². The van der Waals surface area contributed by atoms with E-state index in [-0.39, 0.29) is 18.0 Å². The smallest absolute Gasteiger partial charge is 0.264 e. The van der Waals surface area contributed by atoms with Crippen LogP contribution in [-0.2, 0) is 17.8 Å². The van der Waals surface area contributed by atoms with Crippen molar-refractivity contribution in [1.29, 1.82) is 0 Å². The molecule has 4 rings (SSSR count). The fraction of sp³-hybridized carbons (Fsp3) is 0.182. The van der Waals surface area contributed by atoms with Gasteiger partial charge in [-0.3, -0.25) is 14.2 Å². The molecule has 0 bridgehead atoms. The van der Waals surface area contributed by atoms with E-state index in [1.807, 2.05) is 62.4 Å². The Balaban J connectivity index is 1.62. The maximum atomic E-state index is 12.8. The van der Waals surface area contributed by atoms with Crippen LogP contribution in [0.25, 0.3) is 16.7 Å². The molecule has 4 aromatic rings. The lowest BCUT2D eigenvalue weighted by molar-refractivity contribution is -0.116. The van der Waals surface area contributed by atoms with Gasteiger partial charge in [0.2, 0.25) is 5.91 Å². The van der Waals surface area contributed by atoms with E-state index in [2.05, 4.69) is 15.4 Å². The van der Waals surface area contributed by atoms with Gasteiger partial charge in [-0.15, -0.1) is 0 Å². The third-order valence-corrected chi connectivity index (χ3v) is 4.87. The molecule has 1 amide bonds. The van der Waals surface area contributed by atoms with Crippen LogP contribution in [0.5, 0.6) is 0 Å². The lowest BCUT2D eigenvalue weighted by atomic mass is 10.1. The molecule has 1 N–H and O–H groups in total. The quantitative estimate of drug-likeness (QED) is 0.571. The van der Waals surface area contributed by atoms with Gasteiger partial charge >= 0.3 is 0 Å². The number of carbonyl (C=O) groups excluding carboxylic acids is 1. The number of para-hydroxylation sites is 2. The third kappa shape index (κ3) is 3.54. The highest BCUT2D eigenvalue weighted by atomic mass is 16.2. The van der Waals surface area contributed by atoms with Crippen molar-refractivity contribution >= 4 is 22.6 Å². The van der Waals surface area contributed by atoms with Crippen LogP contribution in [0.2, 0.25) is 0 Å². The number of hydrogen-bond donors (Lipinski definition) is 1. The highest BCUT2D eigenvalue weighted by Crippen LogP contribution is 2.21. The third-order valence-electron chi connectivity index (χ3n) is 4.87. The monoisotopic (exact) mass is 387 g/mol. The standard InChI is InChI=1S/C22H21N5O2/c1-3-16-9-7-8-15(2)20(16)25-19(28)13-26-14-23-21-18(22(26)29)12-24-27(21)17-10-5-4-6-11-17/h4-12,14H,3,13H2,1-2H3,(H,25,28). The molecule has 0 atom stereocenters. The second kappa shape index (κ2) is 7.71. The predicted octanol–water partition coefficient (Wildman–Crippen LogP) is 3.09. The van der Waals surface area contributed by atoms with Gasteiger partial charge in [0.05, 0.1) is 11.9 Å². The summed E-state index contributed by atoms with van der Waals surface area (Å²) in [5.74, 6) is -0.271. The van der Waals surface area contributed by atoms with Crippen LogP contribution in [0, 0.1) is 6.92 Å². The molecule has 2 aromatic heterocycles. The van der Waals surface area contributed by atoms with Crippen LogP contribution < -0.4 is 10.9 Å². The average Bonchev–Trinajstić information content (AvgIpc) is 3.17. The number of anilines is 1. The molecule has 2 heterocycles. The Kier molecular flexibility index (Phi) is 4.95. The van der Waals surface area contributed by atoms with E-state index < -0.39 is 0 Å². The SMILES string of the molecule is CCc1cccc(C)c1NC(=O)Cn1cnc2c(cnn2-c2ccccc2)c1=O. The summed E-state index contributed by atoms with van der Waals surface area (Å²) in [7, 11) is 0. The van der Waals surface area contributed by atoms with Crippen molar-refractivity contribution in [3.8, 4) is 5.69 Å². The minimum absolute atomic E-state index is 0.115. The minimum Gasteiger partial charge on any atom is -0.324 e. The molecule has 0 spiro atoms. The molecule has 7 nitrogen and oxygen atoms in total. The predicted molar refractivity (Wildman–Crippen MR) is 112 cm³/mol. The summed E-state index contributed by atoms with van der Waals surface area (Å²) in [5.41, 5.74) is 3.83. The molecule has 0 aliphatic heterocycles. The van der Waals surface area contributed by atoms with Crippen molar-refractivity contribution in [2.24, 2.45) is 0 Å². The molecule has 0 saturated heterocycles. The van der Waals surface area contributed by atoms with Crippen LogP contribution in [0.4, 0.5) is 5.69 Å². The number of aromatic nitrogens is 4. The molecule has 7 heteroatoms. The Bertz CT molecular complexity index is 1240. The number of aryl methyl sites for hydroxylation is 2. The van der Waals surface area contributed by atoms with Crippen LogP contribution in [-0.4, -0.2) is 25.2 Å². The second-order valence-corrected chi connectivity index (χ2v) is 6.82. The van der Waals surface area contributed by atoms with Crippen molar-refractivity contribution in [3.63, 3.8) is 0 Å². The van der Waals surface area contributed by atoms with E-state index in [0.717, 1.165) is 28.9 Å². The molecular weight excluding hydrogens is 366 g/mol. The molecule has 0 aliphatic carbocycles. The number of rotatable bonds is 5. The molecule has 0 unspecified atom stereocenters. The fourth-order valence-corrected chi connectivity index (χ4v) is 3.36. The second-order valence-electron chi connectivity index (χ2n) is 6.82. The van der Waals surface area contributed by atoms with E-state index in [0.29, 0.717) is 11.0 Å². The van der Waals surface area contributed by atoms with Crippen LogP contribution in [0.3, 0.4) is 0 Å². The summed E-state index contributed by atoms with van der Waals surface area (Å²) >= 11 is 0. The zero-order valence-corrected chi connectivity index (χ0v) is 16.3. The summed E-state index contributed by atoms with van der Waals surface area (Å²) in [6.45, 7) is 3.87. The Hall–Kier alpha value is -3.74. The fourth-order valence-electron chi connectivity index (χ4n) is 3.36. The number of hydrogen-bond acceptors (Lipinski definition) is 4. The summed E-state index contributed by atoms with van der Waals surface area (Å²) in [4.78, 5) is 29.8. The van der Waals surface area contributed by atoms with Gasteiger partial charge in [0.25, 0.3) is 5.56 Å². The van der Waals surface area contributed by atoms with Crippen LogP contribution in [0.1, 0.15) is 18.1 Å². The van der Waals surface area contributed by atoms with E-state index in [4.69, 9.17) is 0 Å². The largest absolute Gasteiger partial charge is 0.324 e. The number of amides is 1. The highest BCUT2D eigenvalue weighted by Gasteiger charge is 2.14. The number of nitrogens with one attached hydrogen (secondary N) is 1. The number of carbonyl (C=O) groups is 1. The van der Waals surface area contributed by atoms with Gasteiger partial charge in [-0.25, -0.2) is 9.67 Å². The topological polar surface area (TPSA) is 81.8 Å². The molecular formula is C22H21N5O2. The Morgan fingerprint density at radius 2 is 1.90 bits per heavy atom. The zero-order valence-electron chi connectivity index (χ0n) is 16.3. The molecule has 0 fully saturated rings. The highest BCUT2D eigenvalue weighted by molar-refractivity contribution is 5.92. The van der Waals surface area contributed by atoms with Gasteiger partial charge in [-0.05, 0) is 36.6 Å². The average molecular weight is 387 g/mol.